The molecule has 1 aromatic rings. The average Bonchev–Trinajstić information content (AvgIpc) is 2.76. The molecule has 0 aliphatic heterocycles. The van der Waals surface area contributed by atoms with Crippen LogP contribution in [0.15, 0.2) is 30.3 Å². The molecule has 0 fully saturated rings. The Morgan fingerprint density at radius 1 is 1.12 bits per heavy atom. The van der Waals surface area contributed by atoms with E-state index in [1.54, 1.807) is 6.92 Å². The second kappa shape index (κ2) is 14.0. The Balaban J connectivity index is 2.87. The van der Waals surface area contributed by atoms with Gasteiger partial charge in [-0.25, -0.2) is 5.06 Å². The number of aryl methyl sites for hydroxylation is 1. The van der Waals surface area contributed by atoms with Gasteiger partial charge < -0.3 is 15.4 Å². The van der Waals surface area contributed by atoms with Crippen LogP contribution in [0.4, 0.5) is 0 Å². The minimum atomic E-state index is -0.781. The molecule has 0 saturated carbocycles. The van der Waals surface area contributed by atoms with Gasteiger partial charge in [0.05, 0.1) is 24.7 Å². The predicted octanol–water partition coefficient (Wildman–Crippen LogP) is 2.93. The smallest absolute Gasteiger partial charge is 0.243 e. The minimum Gasteiger partial charge on any atom is -0.377 e. The van der Waals surface area contributed by atoms with Crippen molar-refractivity contribution in [3.8, 4) is 0 Å². The van der Waals surface area contributed by atoms with Crippen molar-refractivity contribution in [2.75, 3.05) is 13.2 Å². The van der Waals surface area contributed by atoms with Gasteiger partial charge in [-0.2, -0.15) is 0 Å². The maximum atomic E-state index is 13.3. The van der Waals surface area contributed by atoms with Gasteiger partial charge in [-0.1, -0.05) is 51.1 Å². The molecule has 3 atom stereocenters. The molecule has 0 radical (unpaired) electrons. The maximum Gasteiger partial charge on any atom is 0.243 e. The first kappa shape index (κ1) is 28.6. The second-order valence-electron chi connectivity index (χ2n) is 9.73. The standard InChI is InChI=1S/C25H41N3O5/c1-18(2)33-16-15-26-24(31)22(25(4,5)6)27-23(30)21(19(3)28(32)17-29)14-10-13-20-11-8-7-9-12-20/h7-9,11-12,17-19,21-22,32H,10,13-16H2,1-6H3,(H,26,31)(H,27,30)/t19-,21?,22?/m0/s1. The Kier molecular flexibility index (Phi) is 12.1. The van der Waals surface area contributed by atoms with Crippen LogP contribution < -0.4 is 10.6 Å². The molecule has 8 heteroatoms. The number of amides is 3. The predicted molar refractivity (Wildman–Crippen MR) is 128 cm³/mol. The zero-order chi connectivity index (χ0) is 25.0. The Hall–Kier alpha value is -2.45. The number of nitrogens with zero attached hydrogens (tertiary/aromatic N) is 1. The normalized spacial score (nSPS) is 14.3. The summed E-state index contributed by atoms with van der Waals surface area (Å²) in [6, 6.07) is 8.39. The number of nitrogens with one attached hydrogen (secondary N) is 2. The van der Waals surface area contributed by atoms with E-state index in [0.717, 1.165) is 12.0 Å². The molecule has 0 bridgehead atoms. The molecule has 0 aromatic heterocycles. The molecule has 2 unspecified atom stereocenters. The fraction of sp³-hybridized carbons (Fsp3) is 0.640. The van der Waals surface area contributed by atoms with Crippen molar-refractivity contribution in [2.45, 2.75) is 79.0 Å². The molecule has 0 spiro atoms. The number of hydrogen-bond acceptors (Lipinski definition) is 5. The van der Waals surface area contributed by atoms with E-state index in [4.69, 9.17) is 4.74 Å². The summed E-state index contributed by atoms with van der Waals surface area (Å²) < 4.78 is 5.46. The average molecular weight is 464 g/mol. The molecule has 3 N–H and O–H groups in total. The summed E-state index contributed by atoms with van der Waals surface area (Å²) in [5, 5.41) is 16.2. The highest BCUT2D eigenvalue weighted by Gasteiger charge is 2.36. The number of rotatable bonds is 14. The molecule has 0 heterocycles. The highest BCUT2D eigenvalue weighted by molar-refractivity contribution is 5.89. The third-order valence-electron chi connectivity index (χ3n) is 5.54. The molecule has 33 heavy (non-hydrogen) atoms. The molecule has 8 nitrogen and oxygen atoms in total. The van der Waals surface area contributed by atoms with Crippen LogP contribution in [-0.2, 0) is 25.5 Å². The van der Waals surface area contributed by atoms with Crippen molar-refractivity contribution in [1.82, 2.24) is 15.7 Å². The molecule has 0 aliphatic carbocycles. The lowest BCUT2D eigenvalue weighted by molar-refractivity contribution is -0.166. The number of hydroxylamine groups is 2. The third kappa shape index (κ3) is 10.4. The Labute approximate surface area is 198 Å². The van der Waals surface area contributed by atoms with Crippen LogP contribution in [0.5, 0.6) is 0 Å². The van der Waals surface area contributed by atoms with Gasteiger partial charge in [0.15, 0.2) is 0 Å². The summed E-state index contributed by atoms with van der Waals surface area (Å²) in [7, 11) is 0. The zero-order valence-electron chi connectivity index (χ0n) is 20.8. The summed E-state index contributed by atoms with van der Waals surface area (Å²) in [4.78, 5) is 37.2. The van der Waals surface area contributed by atoms with Crippen LogP contribution in [-0.4, -0.2) is 59.8 Å². The van der Waals surface area contributed by atoms with Crippen molar-refractivity contribution in [2.24, 2.45) is 11.3 Å². The van der Waals surface area contributed by atoms with Crippen molar-refractivity contribution < 1.29 is 24.3 Å². The van der Waals surface area contributed by atoms with Gasteiger partial charge in [0.2, 0.25) is 18.2 Å². The van der Waals surface area contributed by atoms with Gasteiger partial charge in [-0.3, -0.25) is 19.6 Å². The second-order valence-corrected chi connectivity index (χ2v) is 9.73. The van der Waals surface area contributed by atoms with Crippen LogP contribution in [0.2, 0.25) is 0 Å². The molecular formula is C25H41N3O5. The summed E-state index contributed by atoms with van der Waals surface area (Å²) in [5.41, 5.74) is 0.608. The van der Waals surface area contributed by atoms with Crippen molar-refractivity contribution in [3.63, 3.8) is 0 Å². The Bertz CT molecular complexity index is 733. The molecule has 0 saturated heterocycles. The first-order valence-corrected chi connectivity index (χ1v) is 11.6. The number of ether oxygens (including phenoxy) is 1. The van der Waals surface area contributed by atoms with E-state index in [1.165, 1.54) is 0 Å². The van der Waals surface area contributed by atoms with Gasteiger partial charge in [0, 0.05) is 6.54 Å². The zero-order valence-corrected chi connectivity index (χ0v) is 20.8. The summed E-state index contributed by atoms with van der Waals surface area (Å²) in [6.45, 7) is 11.8. The summed E-state index contributed by atoms with van der Waals surface area (Å²) in [5.74, 6) is -1.34. The lowest BCUT2D eigenvalue weighted by Crippen LogP contribution is -2.56. The molecule has 186 valence electrons. The molecular weight excluding hydrogens is 422 g/mol. The van der Waals surface area contributed by atoms with E-state index in [9.17, 15) is 19.6 Å². The van der Waals surface area contributed by atoms with E-state index < -0.39 is 23.4 Å². The van der Waals surface area contributed by atoms with Gasteiger partial charge in [0.25, 0.3) is 0 Å². The van der Waals surface area contributed by atoms with E-state index >= 15 is 0 Å². The fourth-order valence-electron chi connectivity index (χ4n) is 3.54. The fourth-order valence-corrected chi connectivity index (χ4v) is 3.54. The van der Waals surface area contributed by atoms with Crippen molar-refractivity contribution >= 4 is 18.2 Å². The van der Waals surface area contributed by atoms with Crippen LogP contribution >= 0.6 is 0 Å². The largest absolute Gasteiger partial charge is 0.377 e. The third-order valence-corrected chi connectivity index (χ3v) is 5.54. The summed E-state index contributed by atoms with van der Waals surface area (Å²) >= 11 is 0. The van der Waals surface area contributed by atoms with Crippen molar-refractivity contribution in [1.29, 1.82) is 0 Å². The topological polar surface area (TPSA) is 108 Å². The Morgan fingerprint density at radius 3 is 2.30 bits per heavy atom. The molecule has 1 aromatic carbocycles. The van der Waals surface area contributed by atoms with E-state index in [2.05, 4.69) is 10.6 Å². The van der Waals surface area contributed by atoms with Crippen LogP contribution in [0.3, 0.4) is 0 Å². The number of benzene rings is 1. The van der Waals surface area contributed by atoms with Crippen LogP contribution in [0, 0.1) is 11.3 Å². The molecule has 3 amide bonds. The minimum absolute atomic E-state index is 0.0670. The monoisotopic (exact) mass is 463 g/mol. The lowest BCUT2D eigenvalue weighted by Gasteiger charge is -2.33. The highest BCUT2D eigenvalue weighted by Crippen LogP contribution is 2.23. The summed E-state index contributed by atoms with van der Waals surface area (Å²) in [6.07, 6.45) is 2.27. The number of carbonyl (C=O) groups excluding carboxylic acids is 3. The van der Waals surface area contributed by atoms with Crippen LogP contribution in [0.25, 0.3) is 0 Å². The van der Waals surface area contributed by atoms with E-state index in [0.29, 0.717) is 37.5 Å². The van der Waals surface area contributed by atoms with Gasteiger partial charge in [-0.15, -0.1) is 0 Å². The first-order chi connectivity index (χ1) is 15.5. The number of hydrogen-bond donors (Lipinski definition) is 3. The van der Waals surface area contributed by atoms with E-state index in [-0.39, 0.29) is 17.9 Å². The van der Waals surface area contributed by atoms with Gasteiger partial charge >= 0.3 is 0 Å². The van der Waals surface area contributed by atoms with Crippen molar-refractivity contribution in [3.05, 3.63) is 35.9 Å². The highest BCUT2D eigenvalue weighted by atomic mass is 16.5. The lowest BCUT2D eigenvalue weighted by atomic mass is 9.84. The van der Waals surface area contributed by atoms with Gasteiger partial charge in [0.1, 0.15) is 6.04 Å². The molecule has 1 rings (SSSR count). The SMILES string of the molecule is CC(C)OCCNC(=O)C(NC(=O)C(CCCc1ccccc1)[C@H](C)N(O)C=O)C(C)(C)C. The Morgan fingerprint density at radius 2 is 1.76 bits per heavy atom. The molecule has 0 aliphatic rings. The van der Waals surface area contributed by atoms with Gasteiger partial charge in [-0.05, 0) is 51.0 Å². The first-order valence-electron chi connectivity index (χ1n) is 11.6. The van der Waals surface area contributed by atoms with Crippen LogP contribution in [0.1, 0.15) is 59.9 Å². The van der Waals surface area contributed by atoms with E-state index in [1.807, 2.05) is 65.0 Å². The number of carbonyl (C=O) groups is 3. The maximum absolute atomic E-state index is 13.3. The quantitative estimate of drug-likeness (QED) is 0.170.